The number of hydrogen-bond acceptors (Lipinski definition) is 1. The Morgan fingerprint density at radius 1 is 1.22 bits per heavy atom. The van der Waals surface area contributed by atoms with Crippen LogP contribution in [0.15, 0.2) is 12.1 Å². The van der Waals surface area contributed by atoms with Crippen LogP contribution in [0.4, 0.5) is 0 Å². The van der Waals surface area contributed by atoms with E-state index in [2.05, 4.69) is 13.8 Å². The number of aldehydes is 1. The zero-order chi connectivity index (χ0) is 13.4. The Balaban J connectivity index is 2.80. The fraction of sp³-hybridized carbons (Fsp3) is 0.308. The van der Waals surface area contributed by atoms with Gasteiger partial charge in [0.25, 0.3) is 0 Å². The lowest BCUT2D eigenvalue weighted by Gasteiger charge is -2.10. The highest BCUT2D eigenvalue weighted by molar-refractivity contribution is 6.43. The molecule has 0 saturated carbocycles. The summed E-state index contributed by atoms with van der Waals surface area (Å²) >= 11 is 18.3. The van der Waals surface area contributed by atoms with Crippen LogP contribution in [0.5, 0.6) is 0 Å². The number of nitrogens with zero attached hydrogens (tertiary/aromatic N) is 1. The molecule has 0 fully saturated rings. The maximum Gasteiger partial charge on any atom is 0.153 e. The molecule has 2 aromatic rings. The second-order valence-electron chi connectivity index (χ2n) is 4.61. The highest BCUT2D eigenvalue weighted by Gasteiger charge is 2.17. The molecule has 1 aromatic carbocycles. The van der Waals surface area contributed by atoms with Crippen molar-refractivity contribution in [3.63, 3.8) is 0 Å². The van der Waals surface area contributed by atoms with E-state index in [0.29, 0.717) is 26.7 Å². The van der Waals surface area contributed by atoms with Gasteiger partial charge in [-0.1, -0.05) is 48.7 Å². The minimum atomic E-state index is 0.409. The summed E-state index contributed by atoms with van der Waals surface area (Å²) in [4.78, 5) is 11.2. The molecule has 2 rings (SSSR count). The molecule has 1 heterocycles. The van der Waals surface area contributed by atoms with Crippen LogP contribution in [0.1, 0.15) is 24.2 Å². The molecular weight excluding hydrogens is 293 g/mol. The van der Waals surface area contributed by atoms with Gasteiger partial charge in [0.2, 0.25) is 0 Å². The molecular formula is C13H12Cl3NO. The smallest absolute Gasteiger partial charge is 0.153 e. The summed E-state index contributed by atoms with van der Waals surface area (Å²) in [5.41, 5.74) is 1.30. The van der Waals surface area contributed by atoms with Gasteiger partial charge in [-0.25, -0.2) is 0 Å². The van der Waals surface area contributed by atoms with E-state index < -0.39 is 0 Å². The fourth-order valence-corrected chi connectivity index (χ4v) is 2.62. The van der Waals surface area contributed by atoms with Gasteiger partial charge in [-0.2, -0.15) is 0 Å². The Hall–Kier alpha value is -0.700. The Labute approximate surface area is 120 Å². The molecule has 1 aromatic heterocycles. The summed E-state index contributed by atoms with van der Waals surface area (Å²) in [5.74, 6) is 0.409. The van der Waals surface area contributed by atoms with Gasteiger partial charge in [0.05, 0.1) is 21.1 Å². The van der Waals surface area contributed by atoms with Crippen LogP contribution in [0, 0.1) is 5.92 Å². The molecule has 0 saturated heterocycles. The fourth-order valence-electron chi connectivity index (χ4n) is 1.99. The van der Waals surface area contributed by atoms with Gasteiger partial charge >= 0.3 is 0 Å². The number of benzene rings is 1. The molecule has 96 valence electrons. The van der Waals surface area contributed by atoms with Crippen LogP contribution in [-0.4, -0.2) is 10.9 Å². The SMILES string of the molecule is CC(C)Cn1c(Cl)c(C=O)c2cc(Cl)c(Cl)cc21. The van der Waals surface area contributed by atoms with Gasteiger partial charge in [0, 0.05) is 11.9 Å². The summed E-state index contributed by atoms with van der Waals surface area (Å²) in [6.07, 6.45) is 0.756. The van der Waals surface area contributed by atoms with Gasteiger partial charge in [0.15, 0.2) is 6.29 Å². The van der Waals surface area contributed by atoms with Gasteiger partial charge in [-0.15, -0.1) is 0 Å². The number of carbonyl (C=O) groups is 1. The third kappa shape index (κ3) is 2.25. The van der Waals surface area contributed by atoms with Gasteiger partial charge in [-0.3, -0.25) is 4.79 Å². The van der Waals surface area contributed by atoms with Crippen molar-refractivity contribution in [1.29, 1.82) is 0 Å². The zero-order valence-corrected chi connectivity index (χ0v) is 12.3. The molecule has 0 aliphatic carbocycles. The molecule has 0 amide bonds. The molecule has 0 bridgehead atoms. The van der Waals surface area contributed by atoms with E-state index in [1.165, 1.54) is 0 Å². The van der Waals surface area contributed by atoms with Crippen LogP contribution in [0.25, 0.3) is 10.9 Å². The standard InChI is InChI=1S/C13H12Cl3NO/c1-7(2)5-17-12-4-11(15)10(14)3-8(12)9(6-18)13(17)16/h3-4,6-7H,5H2,1-2H3. The third-order valence-corrected chi connectivity index (χ3v) is 3.87. The minimum Gasteiger partial charge on any atom is -0.331 e. The minimum absolute atomic E-state index is 0.409. The Morgan fingerprint density at radius 2 is 1.83 bits per heavy atom. The van der Waals surface area contributed by atoms with E-state index in [1.54, 1.807) is 12.1 Å². The molecule has 0 unspecified atom stereocenters. The lowest BCUT2D eigenvalue weighted by Crippen LogP contribution is -2.04. The average Bonchev–Trinajstić information content (AvgIpc) is 2.53. The van der Waals surface area contributed by atoms with Crippen molar-refractivity contribution in [3.8, 4) is 0 Å². The lowest BCUT2D eigenvalue weighted by molar-refractivity contribution is 0.112. The number of carbonyl (C=O) groups excluding carboxylic acids is 1. The Bertz CT molecular complexity index is 616. The monoisotopic (exact) mass is 303 g/mol. The molecule has 18 heavy (non-hydrogen) atoms. The predicted octanol–water partition coefficient (Wildman–Crippen LogP) is 5.07. The van der Waals surface area contributed by atoms with E-state index in [1.807, 2.05) is 4.57 Å². The van der Waals surface area contributed by atoms with Crippen LogP contribution in [0.2, 0.25) is 15.2 Å². The van der Waals surface area contributed by atoms with Crippen molar-refractivity contribution in [1.82, 2.24) is 4.57 Å². The van der Waals surface area contributed by atoms with Gasteiger partial charge in [0.1, 0.15) is 5.15 Å². The van der Waals surface area contributed by atoms with E-state index in [0.717, 1.165) is 23.7 Å². The molecule has 0 aliphatic heterocycles. The average molecular weight is 305 g/mol. The Kier molecular flexibility index (Phi) is 3.90. The van der Waals surface area contributed by atoms with E-state index in [-0.39, 0.29) is 0 Å². The number of hydrogen-bond donors (Lipinski definition) is 0. The maximum atomic E-state index is 11.2. The molecule has 0 radical (unpaired) electrons. The number of fused-ring (bicyclic) bond motifs is 1. The third-order valence-electron chi connectivity index (χ3n) is 2.74. The molecule has 0 aliphatic rings. The summed E-state index contributed by atoms with van der Waals surface area (Å²) in [6, 6.07) is 3.44. The molecule has 0 N–H and O–H groups in total. The van der Waals surface area contributed by atoms with Crippen molar-refractivity contribution in [2.75, 3.05) is 0 Å². The van der Waals surface area contributed by atoms with Gasteiger partial charge in [-0.05, 0) is 18.1 Å². The first kappa shape index (κ1) is 13.7. The zero-order valence-electron chi connectivity index (χ0n) is 10.0. The van der Waals surface area contributed by atoms with Crippen molar-refractivity contribution >= 4 is 52.0 Å². The molecule has 0 atom stereocenters. The quantitative estimate of drug-likeness (QED) is 0.726. The molecule has 2 nitrogen and oxygen atoms in total. The van der Waals surface area contributed by atoms with E-state index in [4.69, 9.17) is 34.8 Å². The first-order chi connectivity index (χ1) is 8.45. The predicted molar refractivity (Wildman–Crippen MR) is 77.2 cm³/mol. The lowest BCUT2D eigenvalue weighted by atomic mass is 10.2. The summed E-state index contributed by atoms with van der Waals surface area (Å²) in [5, 5.41) is 2.06. The number of halogens is 3. The summed E-state index contributed by atoms with van der Waals surface area (Å²) < 4.78 is 1.90. The molecule has 5 heteroatoms. The largest absolute Gasteiger partial charge is 0.331 e. The van der Waals surface area contributed by atoms with Crippen molar-refractivity contribution in [2.24, 2.45) is 5.92 Å². The first-order valence-electron chi connectivity index (χ1n) is 5.57. The maximum absolute atomic E-state index is 11.2. The second-order valence-corrected chi connectivity index (χ2v) is 5.78. The summed E-state index contributed by atoms with van der Waals surface area (Å²) in [7, 11) is 0. The molecule has 0 spiro atoms. The first-order valence-corrected chi connectivity index (χ1v) is 6.71. The van der Waals surface area contributed by atoms with Crippen molar-refractivity contribution < 1.29 is 4.79 Å². The van der Waals surface area contributed by atoms with E-state index >= 15 is 0 Å². The van der Waals surface area contributed by atoms with Gasteiger partial charge < -0.3 is 4.57 Å². The number of aromatic nitrogens is 1. The van der Waals surface area contributed by atoms with E-state index in [9.17, 15) is 4.79 Å². The van der Waals surface area contributed by atoms with Crippen LogP contribution < -0.4 is 0 Å². The van der Waals surface area contributed by atoms with Crippen LogP contribution in [-0.2, 0) is 6.54 Å². The van der Waals surface area contributed by atoms with Crippen LogP contribution in [0.3, 0.4) is 0 Å². The van der Waals surface area contributed by atoms with Crippen LogP contribution >= 0.6 is 34.8 Å². The normalized spacial score (nSPS) is 11.4. The highest BCUT2D eigenvalue weighted by atomic mass is 35.5. The highest BCUT2D eigenvalue weighted by Crippen LogP contribution is 2.35. The topological polar surface area (TPSA) is 22.0 Å². The summed E-state index contributed by atoms with van der Waals surface area (Å²) in [6.45, 7) is 4.89. The van der Waals surface area contributed by atoms with Crippen molar-refractivity contribution in [2.45, 2.75) is 20.4 Å². The van der Waals surface area contributed by atoms with Crippen molar-refractivity contribution in [3.05, 3.63) is 32.9 Å². The second kappa shape index (κ2) is 5.12. The number of rotatable bonds is 3. The Morgan fingerprint density at radius 3 is 2.39 bits per heavy atom.